The highest BCUT2D eigenvalue weighted by Crippen LogP contribution is 2.47. The third-order valence-electron chi connectivity index (χ3n) is 4.03. The molecule has 0 nitrogen and oxygen atoms in total. The molecule has 2 heteroatoms. The summed E-state index contributed by atoms with van der Waals surface area (Å²) in [6.45, 7) is 4.75. The molecule has 17 heavy (non-hydrogen) atoms. The van der Waals surface area contributed by atoms with Crippen LogP contribution in [0, 0.1) is 5.92 Å². The molecule has 94 valence electrons. The smallest absolute Gasteiger partial charge is 0.0408 e. The molecule has 0 fully saturated rings. The molecule has 1 aliphatic heterocycles. The molecule has 0 radical (unpaired) electrons. The first-order valence-electron chi connectivity index (χ1n) is 6.47. The van der Waals surface area contributed by atoms with Gasteiger partial charge < -0.3 is 0 Å². The van der Waals surface area contributed by atoms with Gasteiger partial charge in [-0.2, -0.15) is 11.8 Å². The van der Waals surface area contributed by atoms with E-state index in [0.29, 0.717) is 5.92 Å². The van der Waals surface area contributed by atoms with Gasteiger partial charge in [-0.15, -0.1) is 11.6 Å². The van der Waals surface area contributed by atoms with Crippen LogP contribution in [0.15, 0.2) is 24.3 Å². The van der Waals surface area contributed by atoms with Crippen molar-refractivity contribution in [2.45, 2.75) is 37.9 Å². The van der Waals surface area contributed by atoms with Crippen molar-refractivity contribution < 1.29 is 0 Å². The van der Waals surface area contributed by atoms with Gasteiger partial charge in [-0.1, -0.05) is 31.2 Å². The van der Waals surface area contributed by atoms with Crippen LogP contribution in [0.3, 0.4) is 0 Å². The Labute approximate surface area is 114 Å². The SMILES string of the molecule is CC(CCCl)C1(C)SCCCc2ccccc21. The lowest BCUT2D eigenvalue weighted by Gasteiger charge is -2.36. The zero-order valence-corrected chi connectivity index (χ0v) is 12.3. The molecule has 0 spiro atoms. The number of halogens is 1. The van der Waals surface area contributed by atoms with Gasteiger partial charge in [0.05, 0.1) is 0 Å². The Morgan fingerprint density at radius 3 is 2.94 bits per heavy atom. The second-order valence-corrected chi connectivity index (χ2v) is 7.02. The van der Waals surface area contributed by atoms with Crippen molar-refractivity contribution in [1.82, 2.24) is 0 Å². The Morgan fingerprint density at radius 2 is 2.18 bits per heavy atom. The number of fused-ring (bicyclic) bond motifs is 1. The van der Waals surface area contributed by atoms with Gasteiger partial charge >= 0.3 is 0 Å². The van der Waals surface area contributed by atoms with Crippen LogP contribution in [0.1, 0.15) is 37.8 Å². The summed E-state index contributed by atoms with van der Waals surface area (Å²) in [6.07, 6.45) is 3.62. The van der Waals surface area contributed by atoms with Crippen LogP contribution in [0.4, 0.5) is 0 Å². The summed E-state index contributed by atoms with van der Waals surface area (Å²) in [6, 6.07) is 8.96. The predicted octanol–water partition coefficient (Wildman–Crippen LogP) is 4.85. The number of rotatable bonds is 3. The maximum atomic E-state index is 5.94. The Kier molecular flexibility index (Phi) is 4.43. The van der Waals surface area contributed by atoms with Crippen LogP contribution in [0.5, 0.6) is 0 Å². The highest BCUT2D eigenvalue weighted by atomic mass is 35.5. The van der Waals surface area contributed by atoms with Gasteiger partial charge in [-0.05, 0) is 49.0 Å². The van der Waals surface area contributed by atoms with E-state index in [1.807, 2.05) is 0 Å². The first-order chi connectivity index (χ1) is 8.18. The van der Waals surface area contributed by atoms with Crippen molar-refractivity contribution >= 4 is 23.4 Å². The summed E-state index contributed by atoms with van der Waals surface area (Å²) in [7, 11) is 0. The van der Waals surface area contributed by atoms with Crippen molar-refractivity contribution in [2.75, 3.05) is 11.6 Å². The van der Waals surface area contributed by atoms with E-state index in [2.05, 4.69) is 49.9 Å². The van der Waals surface area contributed by atoms with Crippen molar-refractivity contribution in [3.05, 3.63) is 35.4 Å². The minimum Gasteiger partial charge on any atom is -0.150 e. The number of thioether (sulfide) groups is 1. The van der Waals surface area contributed by atoms with E-state index >= 15 is 0 Å². The van der Waals surface area contributed by atoms with E-state index in [0.717, 1.165) is 12.3 Å². The third-order valence-corrected chi connectivity index (χ3v) is 5.96. The molecule has 1 heterocycles. The zero-order valence-electron chi connectivity index (χ0n) is 10.7. The van der Waals surface area contributed by atoms with Gasteiger partial charge in [-0.25, -0.2) is 0 Å². The first kappa shape index (κ1) is 13.3. The molecule has 1 aliphatic rings. The minimum absolute atomic E-state index is 0.238. The lowest BCUT2D eigenvalue weighted by atomic mass is 9.83. The molecule has 0 bridgehead atoms. The second kappa shape index (κ2) is 5.67. The second-order valence-electron chi connectivity index (χ2n) is 5.09. The highest BCUT2D eigenvalue weighted by Gasteiger charge is 2.35. The molecule has 0 N–H and O–H groups in total. The van der Waals surface area contributed by atoms with Gasteiger partial charge in [0.25, 0.3) is 0 Å². The molecule has 0 aliphatic carbocycles. The quantitative estimate of drug-likeness (QED) is 0.707. The van der Waals surface area contributed by atoms with Gasteiger partial charge in [0, 0.05) is 10.6 Å². The average Bonchev–Trinajstić information content (AvgIpc) is 2.51. The summed E-state index contributed by atoms with van der Waals surface area (Å²) in [5.74, 6) is 2.65. The maximum absolute atomic E-state index is 5.94. The lowest BCUT2D eigenvalue weighted by molar-refractivity contribution is 0.433. The first-order valence-corrected chi connectivity index (χ1v) is 7.99. The molecule has 1 aromatic rings. The summed E-state index contributed by atoms with van der Waals surface area (Å²) < 4.78 is 0.238. The van der Waals surface area contributed by atoms with Crippen LogP contribution < -0.4 is 0 Å². The Bertz CT molecular complexity index is 377. The number of hydrogen-bond acceptors (Lipinski definition) is 1. The Balaban J connectivity index is 2.39. The number of benzene rings is 1. The monoisotopic (exact) mass is 268 g/mol. The molecule has 2 atom stereocenters. The summed E-state index contributed by atoms with van der Waals surface area (Å²) >= 11 is 8.05. The van der Waals surface area contributed by atoms with Gasteiger partial charge in [0.1, 0.15) is 0 Å². The molecule has 1 aromatic carbocycles. The molecule has 2 rings (SSSR count). The average molecular weight is 269 g/mol. The van der Waals surface area contributed by atoms with E-state index in [-0.39, 0.29) is 4.75 Å². The molecule has 0 saturated heterocycles. The van der Waals surface area contributed by atoms with Crippen LogP contribution in [-0.4, -0.2) is 11.6 Å². The largest absolute Gasteiger partial charge is 0.150 e. The molecule has 0 aromatic heterocycles. The number of hydrogen-bond donors (Lipinski definition) is 0. The fourth-order valence-corrected chi connectivity index (χ4v) is 4.49. The van der Waals surface area contributed by atoms with Crippen LogP contribution in [0.25, 0.3) is 0 Å². The standard InChI is InChI=1S/C15H21ClS/c1-12(9-10-16)15(2)14-8-4-3-6-13(14)7-5-11-17-15/h3-4,6,8,12H,5,7,9-11H2,1-2H3. The summed E-state index contributed by atoms with van der Waals surface area (Å²) in [4.78, 5) is 0. The van der Waals surface area contributed by atoms with E-state index < -0.39 is 0 Å². The van der Waals surface area contributed by atoms with Crippen molar-refractivity contribution in [1.29, 1.82) is 0 Å². The normalized spacial score (nSPS) is 26.1. The number of aryl methyl sites for hydroxylation is 1. The molecule has 2 unspecified atom stereocenters. The van der Waals surface area contributed by atoms with Gasteiger partial charge in [0.2, 0.25) is 0 Å². The molecule has 0 saturated carbocycles. The molecular formula is C15H21ClS. The van der Waals surface area contributed by atoms with E-state index in [9.17, 15) is 0 Å². The van der Waals surface area contributed by atoms with Crippen LogP contribution >= 0.6 is 23.4 Å². The van der Waals surface area contributed by atoms with E-state index in [1.165, 1.54) is 18.6 Å². The van der Waals surface area contributed by atoms with Crippen molar-refractivity contribution in [2.24, 2.45) is 5.92 Å². The highest BCUT2D eigenvalue weighted by molar-refractivity contribution is 8.00. The number of alkyl halides is 1. The van der Waals surface area contributed by atoms with E-state index in [1.54, 1.807) is 11.1 Å². The van der Waals surface area contributed by atoms with Gasteiger partial charge in [-0.3, -0.25) is 0 Å². The molecular weight excluding hydrogens is 248 g/mol. The fourth-order valence-electron chi connectivity index (χ4n) is 2.69. The van der Waals surface area contributed by atoms with Gasteiger partial charge in [0.15, 0.2) is 0 Å². The Hall–Kier alpha value is -0.140. The topological polar surface area (TPSA) is 0 Å². The molecule has 0 amide bonds. The fraction of sp³-hybridized carbons (Fsp3) is 0.600. The van der Waals surface area contributed by atoms with Crippen LogP contribution in [0.2, 0.25) is 0 Å². The van der Waals surface area contributed by atoms with Crippen LogP contribution in [-0.2, 0) is 11.2 Å². The lowest BCUT2D eigenvalue weighted by Crippen LogP contribution is -2.27. The predicted molar refractivity (Wildman–Crippen MR) is 79.1 cm³/mol. The van der Waals surface area contributed by atoms with Crippen molar-refractivity contribution in [3.8, 4) is 0 Å². The third kappa shape index (κ3) is 2.66. The Morgan fingerprint density at radius 1 is 1.41 bits per heavy atom. The minimum atomic E-state index is 0.238. The summed E-state index contributed by atoms with van der Waals surface area (Å²) in [5.41, 5.74) is 3.08. The van der Waals surface area contributed by atoms with E-state index in [4.69, 9.17) is 11.6 Å². The summed E-state index contributed by atoms with van der Waals surface area (Å²) in [5, 5.41) is 0. The van der Waals surface area contributed by atoms with Crippen molar-refractivity contribution in [3.63, 3.8) is 0 Å². The maximum Gasteiger partial charge on any atom is 0.0408 e. The zero-order chi connectivity index (χ0) is 12.3.